The van der Waals surface area contributed by atoms with Crippen LogP contribution in [0.2, 0.25) is 0 Å². The SMILES string of the molecule is CCn1c(COc2ccc(C)cc2C)nnc1SCC(=O)Nc1nc(-c2ccc(C)cc2)cs1. The summed E-state index contributed by atoms with van der Waals surface area (Å²) < 4.78 is 7.94. The van der Waals surface area contributed by atoms with Crippen molar-refractivity contribution < 1.29 is 9.53 Å². The van der Waals surface area contributed by atoms with Gasteiger partial charge in [0.25, 0.3) is 0 Å². The fourth-order valence-electron chi connectivity index (χ4n) is 3.43. The third-order valence-electron chi connectivity index (χ3n) is 5.23. The molecule has 2 heterocycles. The van der Waals surface area contributed by atoms with Crippen LogP contribution < -0.4 is 10.1 Å². The molecule has 4 rings (SSSR count). The van der Waals surface area contributed by atoms with E-state index < -0.39 is 0 Å². The molecule has 4 aromatic rings. The molecular weight excluding hydrogens is 466 g/mol. The van der Waals surface area contributed by atoms with Crippen molar-refractivity contribution in [3.05, 3.63) is 70.4 Å². The van der Waals surface area contributed by atoms with E-state index in [4.69, 9.17) is 4.74 Å². The second-order valence-electron chi connectivity index (χ2n) is 7.94. The van der Waals surface area contributed by atoms with E-state index in [2.05, 4.69) is 52.5 Å². The molecular formula is C25H27N5O2S2. The summed E-state index contributed by atoms with van der Waals surface area (Å²) in [5.74, 6) is 1.65. The van der Waals surface area contributed by atoms with E-state index in [9.17, 15) is 4.79 Å². The topological polar surface area (TPSA) is 81.9 Å². The molecule has 0 atom stereocenters. The standard InChI is InChI=1S/C25H27N5O2S2/c1-5-30-22(13-32-21-11-8-17(3)12-18(21)4)28-29-25(30)34-15-23(31)27-24-26-20(14-33-24)19-9-6-16(2)7-10-19/h6-12,14H,5,13,15H2,1-4H3,(H,26,27,31). The van der Waals surface area contributed by atoms with Crippen LogP contribution >= 0.6 is 23.1 Å². The van der Waals surface area contributed by atoms with Crippen molar-refractivity contribution >= 4 is 34.1 Å². The minimum atomic E-state index is -0.131. The van der Waals surface area contributed by atoms with Crippen molar-refractivity contribution in [2.24, 2.45) is 0 Å². The predicted octanol–water partition coefficient (Wildman–Crippen LogP) is 5.66. The molecule has 1 N–H and O–H groups in total. The van der Waals surface area contributed by atoms with Gasteiger partial charge < -0.3 is 14.6 Å². The van der Waals surface area contributed by atoms with Gasteiger partial charge in [-0.15, -0.1) is 21.5 Å². The number of anilines is 1. The summed E-state index contributed by atoms with van der Waals surface area (Å²) in [6.45, 7) is 9.17. The number of aryl methyl sites for hydroxylation is 3. The maximum Gasteiger partial charge on any atom is 0.236 e. The highest BCUT2D eigenvalue weighted by molar-refractivity contribution is 7.99. The summed E-state index contributed by atoms with van der Waals surface area (Å²) in [5, 5.41) is 14.7. The molecule has 7 nitrogen and oxygen atoms in total. The zero-order valence-corrected chi connectivity index (χ0v) is 21.3. The van der Waals surface area contributed by atoms with Gasteiger partial charge in [-0.1, -0.05) is 59.3 Å². The first-order chi connectivity index (χ1) is 16.4. The van der Waals surface area contributed by atoms with Crippen molar-refractivity contribution in [3.8, 4) is 17.0 Å². The number of thiazole rings is 1. The number of benzene rings is 2. The molecule has 0 radical (unpaired) electrons. The van der Waals surface area contributed by atoms with Crippen LogP contribution in [0.1, 0.15) is 29.4 Å². The summed E-state index contributed by atoms with van der Waals surface area (Å²) in [6.07, 6.45) is 0. The highest BCUT2D eigenvalue weighted by Gasteiger charge is 2.15. The number of nitrogens with one attached hydrogen (secondary N) is 1. The van der Waals surface area contributed by atoms with Gasteiger partial charge in [-0.05, 0) is 39.3 Å². The number of carbonyl (C=O) groups is 1. The Balaban J connectivity index is 1.33. The van der Waals surface area contributed by atoms with E-state index in [1.54, 1.807) is 0 Å². The minimum absolute atomic E-state index is 0.131. The lowest BCUT2D eigenvalue weighted by atomic mass is 10.1. The van der Waals surface area contributed by atoms with Crippen molar-refractivity contribution in [1.82, 2.24) is 19.7 Å². The number of nitrogens with zero attached hydrogens (tertiary/aromatic N) is 4. The molecule has 0 saturated carbocycles. The van der Waals surface area contributed by atoms with Crippen molar-refractivity contribution in [1.29, 1.82) is 0 Å². The Bertz CT molecular complexity index is 1280. The molecule has 0 unspecified atom stereocenters. The lowest BCUT2D eigenvalue weighted by molar-refractivity contribution is -0.113. The van der Waals surface area contributed by atoms with Crippen molar-refractivity contribution in [2.45, 2.75) is 46.0 Å². The molecule has 0 saturated heterocycles. The molecule has 1 amide bonds. The zero-order valence-electron chi connectivity index (χ0n) is 19.7. The Hall–Kier alpha value is -3.17. The predicted molar refractivity (Wildman–Crippen MR) is 138 cm³/mol. The largest absolute Gasteiger partial charge is 0.485 e. The molecule has 9 heteroatoms. The summed E-state index contributed by atoms with van der Waals surface area (Å²) >= 11 is 2.76. The first kappa shape index (κ1) is 24.0. The summed E-state index contributed by atoms with van der Waals surface area (Å²) in [6, 6.07) is 14.3. The van der Waals surface area contributed by atoms with E-state index in [1.165, 1.54) is 34.2 Å². The van der Waals surface area contributed by atoms with E-state index in [0.29, 0.717) is 23.4 Å². The Morgan fingerprint density at radius 1 is 1.09 bits per heavy atom. The van der Waals surface area contributed by atoms with Crippen LogP contribution in [-0.4, -0.2) is 31.4 Å². The average molecular weight is 494 g/mol. The molecule has 0 aliphatic rings. The van der Waals surface area contributed by atoms with Crippen LogP contribution in [0.4, 0.5) is 5.13 Å². The molecule has 176 valence electrons. The van der Waals surface area contributed by atoms with Gasteiger partial charge in [-0.25, -0.2) is 4.98 Å². The molecule has 0 aliphatic carbocycles. The van der Waals surface area contributed by atoms with E-state index in [-0.39, 0.29) is 11.7 Å². The Morgan fingerprint density at radius 3 is 2.59 bits per heavy atom. The Labute approximate surface area is 207 Å². The van der Waals surface area contributed by atoms with Crippen molar-refractivity contribution in [2.75, 3.05) is 11.1 Å². The van der Waals surface area contributed by atoms with Gasteiger partial charge in [0, 0.05) is 17.5 Å². The molecule has 0 spiro atoms. The number of hydrogen-bond donors (Lipinski definition) is 1. The van der Waals surface area contributed by atoms with Gasteiger partial charge in [0.15, 0.2) is 16.1 Å². The highest BCUT2D eigenvalue weighted by Crippen LogP contribution is 2.26. The number of aromatic nitrogens is 4. The maximum atomic E-state index is 12.5. The molecule has 2 aromatic carbocycles. The van der Waals surface area contributed by atoms with Gasteiger partial charge in [0.05, 0.1) is 11.4 Å². The van der Waals surface area contributed by atoms with Crippen LogP contribution in [0.15, 0.2) is 53.0 Å². The van der Waals surface area contributed by atoms with Crippen LogP contribution in [0.3, 0.4) is 0 Å². The van der Waals surface area contributed by atoms with Crippen molar-refractivity contribution in [3.63, 3.8) is 0 Å². The average Bonchev–Trinajstić information content (AvgIpc) is 3.44. The number of rotatable bonds is 9. The number of carbonyl (C=O) groups excluding carboxylic acids is 1. The molecule has 2 aromatic heterocycles. The molecule has 34 heavy (non-hydrogen) atoms. The second-order valence-corrected chi connectivity index (χ2v) is 9.74. The molecule has 0 bridgehead atoms. The number of thioether (sulfide) groups is 1. The Morgan fingerprint density at radius 2 is 1.85 bits per heavy atom. The fraction of sp³-hybridized carbons (Fsp3) is 0.280. The fourth-order valence-corrected chi connectivity index (χ4v) is 4.98. The lowest BCUT2D eigenvalue weighted by Gasteiger charge is -2.11. The third-order valence-corrected chi connectivity index (χ3v) is 6.95. The number of ether oxygens (including phenoxy) is 1. The van der Waals surface area contributed by atoms with Gasteiger partial charge in [0.2, 0.25) is 5.91 Å². The first-order valence-corrected chi connectivity index (χ1v) is 12.9. The van der Waals surface area contributed by atoms with Crippen LogP contribution in [0.5, 0.6) is 5.75 Å². The first-order valence-electron chi connectivity index (χ1n) is 11.0. The number of amides is 1. The third kappa shape index (κ3) is 5.84. The molecule has 0 aliphatic heterocycles. The zero-order chi connectivity index (χ0) is 24.1. The number of hydrogen-bond acceptors (Lipinski definition) is 7. The van der Waals surface area contributed by atoms with Gasteiger partial charge in [0.1, 0.15) is 12.4 Å². The van der Waals surface area contributed by atoms with Gasteiger partial charge in [-0.3, -0.25) is 4.79 Å². The monoisotopic (exact) mass is 493 g/mol. The van der Waals surface area contributed by atoms with E-state index >= 15 is 0 Å². The normalized spacial score (nSPS) is 10.9. The van der Waals surface area contributed by atoms with Gasteiger partial charge >= 0.3 is 0 Å². The van der Waals surface area contributed by atoms with E-state index in [1.807, 2.05) is 48.1 Å². The minimum Gasteiger partial charge on any atom is -0.485 e. The quantitative estimate of drug-likeness (QED) is 0.303. The second kappa shape index (κ2) is 10.8. The van der Waals surface area contributed by atoms with E-state index in [0.717, 1.165) is 28.4 Å². The molecule has 0 fully saturated rings. The Kier molecular flexibility index (Phi) is 7.64. The highest BCUT2D eigenvalue weighted by atomic mass is 32.2. The maximum absolute atomic E-state index is 12.5. The van der Waals surface area contributed by atoms with Crippen LogP contribution in [-0.2, 0) is 17.9 Å². The summed E-state index contributed by atoms with van der Waals surface area (Å²) in [5.41, 5.74) is 5.36. The lowest BCUT2D eigenvalue weighted by Crippen LogP contribution is -2.14. The smallest absolute Gasteiger partial charge is 0.236 e. The summed E-state index contributed by atoms with van der Waals surface area (Å²) in [4.78, 5) is 17.0. The summed E-state index contributed by atoms with van der Waals surface area (Å²) in [7, 11) is 0. The van der Waals surface area contributed by atoms with Crippen LogP contribution in [0, 0.1) is 20.8 Å². The van der Waals surface area contributed by atoms with Crippen LogP contribution in [0.25, 0.3) is 11.3 Å². The van der Waals surface area contributed by atoms with Gasteiger partial charge in [-0.2, -0.15) is 0 Å².